The molecule has 0 unspecified atom stereocenters. The van der Waals surface area contributed by atoms with Gasteiger partial charge < -0.3 is 4.90 Å². The second kappa shape index (κ2) is 4.57. The summed E-state index contributed by atoms with van der Waals surface area (Å²) in [6.07, 6.45) is 0. The lowest BCUT2D eigenvalue weighted by Gasteiger charge is -2.24. The molecule has 0 bridgehead atoms. The van der Waals surface area contributed by atoms with Gasteiger partial charge in [-0.1, -0.05) is 0 Å². The van der Waals surface area contributed by atoms with E-state index in [9.17, 15) is 13.2 Å². The lowest BCUT2D eigenvalue weighted by Crippen LogP contribution is -2.38. The molecule has 0 aromatic heterocycles. The van der Waals surface area contributed by atoms with Crippen LogP contribution >= 0.6 is 0 Å². The highest BCUT2D eigenvalue weighted by atomic mass is 32.2. The molecule has 0 aliphatic heterocycles. The molecule has 13 heavy (non-hydrogen) atoms. The largest absolute Gasteiger partial charge is 0.339 e. The first-order chi connectivity index (χ1) is 5.74. The van der Waals surface area contributed by atoms with Gasteiger partial charge in [-0.3, -0.25) is 9.35 Å². The van der Waals surface area contributed by atoms with Crippen LogP contribution in [0.5, 0.6) is 0 Å². The molecule has 6 heteroatoms. The summed E-state index contributed by atoms with van der Waals surface area (Å²) in [5.41, 5.74) is 0. The molecule has 0 saturated carbocycles. The first-order valence-electron chi connectivity index (χ1n) is 3.96. The summed E-state index contributed by atoms with van der Waals surface area (Å²) in [7, 11) is -3.98. The fraction of sp³-hybridized carbons (Fsp3) is 0.857. The summed E-state index contributed by atoms with van der Waals surface area (Å²) in [6.45, 7) is 4.96. The molecule has 0 aliphatic carbocycles. The van der Waals surface area contributed by atoms with Gasteiger partial charge in [-0.2, -0.15) is 8.42 Å². The SMILES string of the molecule is CC(=O)N(CCS(=O)(=O)O)C(C)C. The number of nitrogens with zero attached hydrogens (tertiary/aromatic N) is 1. The van der Waals surface area contributed by atoms with Gasteiger partial charge in [0.2, 0.25) is 5.91 Å². The number of rotatable bonds is 4. The average Bonchev–Trinajstić information content (AvgIpc) is 1.82. The average molecular weight is 209 g/mol. The first-order valence-corrected chi connectivity index (χ1v) is 5.57. The van der Waals surface area contributed by atoms with E-state index in [0.717, 1.165) is 0 Å². The molecule has 0 aromatic carbocycles. The van der Waals surface area contributed by atoms with Gasteiger partial charge in [0.25, 0.3) is 10.1 Å². The van der Waals surface area contributed by atoms with Crippen molar-refractivity contribution in [2.24, 2.45) is 0 Å². The van der Waals surface area contributed by atoms with Gasteiger partial charge >= 0.3 is 0 Å². The molecule has 1 amide bonds. The van der Waals surface area contributed by atoms with Crippen molar-refractivity contribution in [1.82, 2.24) is 4.90 Å². The van der Waals surface area contributed by atoms with Crippen molar-refractivity contribution in [3.63, 3.8) is 0 Å². The Labute approximate surface area is 78.5 Å². The molecular formula is C7H15NO4S. The molecule has 0 heterocycles. The minimum absolute atomic E-state index is 0.0336. The van der Waals surface area contributed by atoms with Crippen molar-refractivity contribution >= 4 is 16.0 Å². The van der Waals surface area contributed by atoms with Crippen LogP contribution in [-0.2, 0) is 14.9 Å². The molecule has 0 saturated heterocycles. The van der Waals surface area contributed by atoms with Crippen LogP contribution < -0.4 is 0 Å². The maximum Gasteiger partial charge on any atom is 0.266 e. The molecule has 78 valence electrons. The van der Waals surface area contributed by atoms with E-state index in [1.807, 2.05) is 0 Å². The van der Waals surface area contributed by atoms with Crippen molar-refractivity contribution in [2.45, 2.75) is 26.8 Å². The van der Waals surface area contributed by atoms with E-state index >= 15 is 0 Å². The van der Waals surface area contributed by atoms with E-state index in [1.54, 1.807) is 13.8 Å². The van der Waals surface area contributed by atoms with Crippen LogP contribution in [0.1, 0.15) is 20.8 Å². The zero-order chi connectivity index (χ0) is 10.6. The van der Waals surface area contributed by atoms with Crippen LogP contribution in [0, 0.1) is 0 Å². The van der Waals surface area contributed by atoms with Crippen LogP contribution in [0.4, 0.5) is 0 Å². The Morgan fingerprint density at radius 2 is 1.92 bits per heavy atom. The van der Waals surface area contributed by atoms with Gasteiger partial charge in [0.05, 0.1) is 5.75 Å². The normalized spacial score (nSPS) is 11.8. The highest BCUT2D eigenvalue weighted by Gasteiger charge is 2.15. The summed E-state index contributed by atoms with van der Waals surface area (Å²) in [6, 6.07) is -0.0563. The zero-order valence-electron chi connectivity index (χ0n) is 8.02. The maximum atomic E-state index is 11.0. The summed E-state index contributed by atoms with van der Waals surface area (Å²) < 4.78 is 29.3. The molecule has 0 rings (SSSR count). The summed E-state index contributed by atoms with van der Waals surface area (Å²) in [5.74, 6) is -0.608. The van der Waals surface area contributed by atoms with Crippen LogP contribution in [-0.4, -0.2) is 42.1 Å². The lowest BCUT2D eigenvalue weighted by atomic mass is 10.3. The maximum absolute atomic E-state index is 11.0. The third-order valence-corrected chi connectivity index (χ3v) is 2.32. The van der Waals surface area contributed by atoms with E-state index in [0.29, 0.717) is 0 Å². The van der Waals surface area contributed by atoms with Gasteiger partial charge in [0.1, 0.15) is 0 Å². The van der Waals surface area contributed by atoms with Crippen molar-refractivity contribution in [3.8, 4) is 0 Å². The van der Waals surface area contributed by atoms with Crippen LogP contribution in [0.25, 0.3) is 0 Å². The fourth-order valence-corrected chi connectivity index (χ4v) is 1.42. The highest BCUT2D eigenvalue weighted by Crippen LogP contribution is 1.99. The third kappa shape index (κ3) is 5.59. The molecule has 0 atom stereocenters. The van der Waals surface area contributed by atoms with Crippen molar-refractivity contribution in [3.05, 3.63) is 0 Å². The minimum atomic E-state index is -3.98. The quantitative estimate of drug-likeness (QED) is 0.668. The smallest absolute Gasteiger partial charge is 0.266 e. The molecule has 0 spiro atoms. The summed E-state index contributed by atoms with van der Waals surface area (Å²) in [4.78, 5) is 12.3. The molecule has 1 N–H and O–H groups in total. The van der Waals surface area contributed by atoms with E-state index in [-0.39, 0.29) is 18.5 Å². The van der Waals surface area contributed by atoms with Crippen LogP contribution in [0.15, 0.2) is 0 Å². The fourth-order valence-electron chi connectivity index (χ4n) is 0.993. The topological polar surface area (TPSA) is 74.7 Å². The summed E-state index contributed by atoms with van der Waals surface area (Å²) in [5, 5.41) is 0. The van der Waals surface area contributed by atoms with Gasteiger partial charge in [-0.25, -0.2) is 0 Å². The standard InChI is InChI=1S/C7H15NO4S/c1-6(2)8(7(3)9)4-5-13(10,11)12/h6H,4-5H2,1-3H3,(H,10,11,12). The van der Waals surface area contributed by atoms with E-state index in [1.165, 1.54) is 11.8 Å². The van der Waals surface area contributed by atoms with Gasteiger partial charge in [-0.15, -0.1) is 0 Å². The third-order valence-electron chi connectivity index (χ3n) is 1.62. The Balaban J connectivity index is 4.22. The Kier molecular flexibility index (Phi) is 4.35. The number of hydrogen-bond acceptors (Lipinski definition) is 3. The Bertz CT molecular complexity index is 270. The molecule has 0 radical (unpaired) electrons. The van der Waals surface area contributed by atoms with Gasteiger partial charge in [0, 0.05) is 19.5 Å². The van der Waals surface area contributed by atoms with Crippen LogP contribution in [0.3, 0.4) is 0 Å². The Hall–Kier alpha value is -0.620. The van der Waals surface area contributed by atoms with E-state index in [2.05, 4.69) is 0 Å². The van der Waals surface area contributed by atoms with E-state index < -0.39 is 15.9 Å². The Morgan fingerprint density at radius 1 is 1.46 bits per heavy atom. The molecule has 5 nitrogen and oxygen atoms in total. The van der Waals surface area contributed by atoms with Crippen molar-refractivity contribution in [2.75, 3.05) is 12.3 Å². The second-order valence-electron chi connectivity index (χ2n) is 3.09. The number of hydrogen-bond donors (Lipinski definition) is 1. The monoisotopic (exact) mass is 209 g/mol. The molecule has 0 fully saturated rings. The number of carbonyl (C=O) groups excluding carboxylic acids is 1. The predicted molar refractivity (Wildman–Crippen MR) is 48.9 cm³/mol. The predicted octanol–water partition coefficient (Wildman–Crippen LogP) is 0.131. The number of amides is 1. The summed E-state index contributed by atoms with van der Waals surface area (Å²) >= 11 is 0. The van der Waals surface area contributed by atoms with E-state index in [4.69, 9.17) is 4.55 Å². The Morgan fingerprint density at radius 3 is 2.15 bits per heavy atom. The van der Waals surface area contributed by atoms with Gasteiger partial charge in [-0.05, 0) is 13.8 Å². The number of carbonyl (C=O) groups is 1. The van der Waals surface area contributed by atoms with Crippen molar-refractivity contribution in [1.29, 1.82) is 0 Å². The molecule has 0 aliphatic rings. The zero-order valence-corrected chi connectivity index (χ0v) is 8.84. The van der Waals surface area contributed by atoms with Gasteiger partial charge in [0.15, 0.2) is 0 Å². The van der Waals surface area contributed by atoms with Crippen LogP contribution in [0.2, 0.25) is 0 Å². The molecular weight excluding hydrogens is 194 g/mol. The second-order valence-corrected chi connectivity index (χ2v) is 4.66. The highest BCUT2D eigenvalue weighted by molar-refractivity contribution is 7.85. The minimum Gasteiger partial charge on any atom is -0.339 e. The first kappa shape index (κ1) is 12.4. The molecule has 0 aromatic rings. The lowest BCUT2D eigenvalue weighted by molar-refractivity contribution is -0.130. The van der Waals surface area contributed by atoms with Crippen molar-refractivity contribution < 1.29 is 17.8 Å².